The predicted molar refractivity (Wildman–Crippen MR) is 75.5 cm³/mol. The molecule has 100 valence electrons. The largest absolute Gasteiger partial charge is 0.383 e. The molecule has 0 radical (unpaired) electrons. The quantitative estimate of drug-likeness (QED) is 0.893. The van der Waals surface area contributed by atoms with Gasteiger partial charge in [-0.05, 0) is 28.9 Å². The molecule has 0 aliphatic heterocycles. The summed E-state index contributed by atoms with van der Waals surface area (Å²) in [5.41, 5.74) is 7.90. The maximum atomic E-state index is 12.0. The Balaban J connectivity index is 2.09. The minimum absolute atomic E-state index is 0.212. The standard InChI is InChI=1S/C12H14BrN5O/c1-7-8(6-18(2)17-7)4-16-12(19)10-3-9(13)5-15-11(10)14/h3,5-6H,4H2,1-2H3,(H2,14,15)(H,16,19). The van der Waals surface area contributed by atoms with Gasteiger partial charge in [-0.1, -0.05) is 0 Å². The van der Waals surface area contributed by atoms with Gasteiger partial charge in [0.05, 0.1) is 11.3 Å². The second-order valence-corrected chi connectivity index (χ2v) is 5.10. The molecule has 0 aromatic carbocycles. The van der Waals surface area contributed by atoms with Gasteiger partial charge in [-0.2, -0.15) is 5.10 Å². The van der Waals surface area contributed by atoms with Crippen LogP contribution in [0, 0.1) is 6.92 Å². The minimum atomic E-state index is -0.255. The van der Waals surface area contributed by atoms with Crippen molar-refractivity contribution in [2.75, 3.05) is 5.73 Å². The number of hydrogen-bond donors (Lipinski definition) is 2. The first-order valence-electron chi connectivity index (χ1n) is 5.65. The Labute approximate surface area is 119 Å². The number of nitrogens with one attached hydrogen (secondary N) is 1. The van der Waals surface area contributed by atoms with Gasteiger partial charge < -0.3 is 11.1 Å². The fraction of sp³-hybridized carbons (Fsp3) is 0.250. The maximum absolute atomic E-state index is 12.0. The number of halogens is 1. The van der Waals surface area contributed by atoms with Gasteiger partial charge in [0, 0.05) is 36.0 Å². The van der Waals surface area contributed by atoms with E-state index in [1.165, 1.54) is 0 Å². The molecule has 0 fully saturated rings. The number of nitrogen functional groups attached to an aromatic ring is 1. The van der Waals surface area contributed by atoms with E-state index < -0.39 is 0 Å². The number of anilines is 1. The summed E-state index contributed by atoms with van der Waals surface area (Å²) in [5, 5.41) is 7.02. The Morgan fingerprint density at radius 3 is 2.95 bits per heavy atom. The van der Waals surface area contributed by atoms with Gasteiger partial charge >= 0.3 is 0 Å². The topological polar surface area (TPSA) is 85.8 Å². The van der Waals surface area contributed by atoms with E-state index in [2.05, 4.69) is 31.3 Å². The number of aryl methyl sites for hydroxylation is 2. The molecule has 2 aromatic rings. The summed E-state index contributed by atoms with van der Waals surface area (Å²) in [5.74, 6) is -0.0434. The summed E-state index contributed by atoms with van der Waals surface area (Å²) in [6, 6.07) is 1.65. The van der Waals surface area contributed by atoms with Gasteiger partial charge in [-0.25, -0.2) is 4.98 Å². The zero-order chi connectivity index (χ0) is 14.0. The summed E-state index contributed by atoms with van der Waals surface area (Å²) in [6.07, 6.45) is 3.43. The summed E-state index contributed by atoms with van der Waals surface area (Å²) >= 11 is 3.26. The maximum Gasteiger partial charge on any atom is 0.255 e. The highest BCUT2D eigenvalue weighted by Gasteiger charge is 2.12. The summed E-state index contributed by atoms with van der Waals surface area (Å²) in [4.78, 5) is 16.0. The van der Waals surface area contributed by atoms with Crippen molar-refractivity contribution in [1.29, 1.82) is 0 Å². The molecule has 0 saturated heterocycles. The normalized spacial score (nSPS) is 10.5. The van der Waals surface area contributed by atoms with Crippen LogP contribution < -0.4 is 11.1 Å². The van der Waals surface area contributed by atoms with Crippen LogP contribution in [0.2, 0.25) is 0 Å². The second kappa shape index (κ2) is 5.40. The van der Waals surface area contributed by atoms with Crippen LogP contribution in [-0.2, 0) is 13.6 Å². The molecular weight excluding hydrogens is 310 g/mol. The zero-order valence-electron chi connectivity index (χ0n) is 10.6. The number of rotatable bonds is 3. The fourth-order valence-corrected chi connectivity index (χ4v) is 2.06. The number of carbonyl (C=O) groups is 1. The lowest BCUT2D eigenvalue weighted by Crippen LogP contribution is -2.24. The second-order valence-electron chi connectivity index (χ2n) is 4.18. The molecule has 0 saturated carbocycles. The molecule has 0 bridgehead atoms. The molecule has 2 aromatic heterocycles. The number of amides is 1. The van der Waals surface area contributed by atoms with E-state index in [4.69, 9.17) is 5.73 Å². The first-order chi connectivity index (χ1) is 8.97. The summed E-state index contributed by atoms with van der Waals surface area (Å²) in [7, 11) is 1.84. The summed E-state index contributed by atoms with van der Waals surface area (Å²) in [6.45, 7) is 2.31. The number of nitrogens with two attached hydrogens (primary N) is 1. The van der Waals surface area contributed by atoms with Crippen LogP contribution in [-0.4, -0.2) is 20.7 Å². The van der Waals surface area contributed by atoms with E-state index in [9.17, 15) is 4.79 Å². The molecule has 0 aliphatic rings. The van der Waals surface area contributed by atoms with E-state index >= 15 is 0 Å². The SMILES string of the molecule is Cc1nn(C)cc1CNC(=O)c1cc(Br)cnc1N. The van der Waals surface area contributed by atoms with Crippen LogP contribution in [0.4, 0.5) is 5.82 Å². The van der Waals surface area contributed by atoms with Gasteiger partial charge in [0.2, 0.25) is 0 Å². The fourth-order valence-electron chi connectivity index (χ4n) is 1.72. The molecule has 2 heterocycles. The highest BCUT2D eigenvalue weighted by Crippen LogP contribution is 2.15. The molecule has 3 N–H and O–H groups in total. The number of hydrogen-bond acceptors (Lipinski definition) is 4. The zero-order valence-corrected chi connectivity index (χ0v) is 12.2. The predicted octanol–water partition coefficient (Wildman–Crippen LogP) is 1.40. The van der Waals surface area contributed by atoms with Crippen LogP contribution >= 0.6 is 15.9 Å². The first kappa shape index (κ1) is 13.5. The number of nitrogens with zero attached hydrogens (tertiary/aromatic N) is 3. The van der Waals surface area contributed by atoms with Crippen molar-refractivity contribution in [3.05, 3.63) is 39.8 Å². The Morgan fingerprint density at radius 1 is 1.58 bits per heavy atom. The Hall–Kier alpha value is -1.89. The van der Waals surface area contributed by atoms with Crippen molar-refractivity contribution in [2.24, 2.45) is 7.05 Å². The number of carbonyl (C=O) groups excluding carboxylic acids is 1. The van der Waals surface area contributed by atoms with Crippen LogP contribution in [0.1, 0.15) is 21.6 Å². The van der Waals surface area contributed by atoms with Crippen molar-refractivity contribution < 1.29 is 4.79 Å². The molecular formula is C12H14BrN5O. The van der Waals surface area contributed by atoms with E-state index in [0.717, 1.165) is 11.3 Å². The third kappa shape index (κ3) is 3.11. The minimum Gasteiger partial charge on any atom is -0.383 e. The van der Waals surface area contributed by atoms with Gasteiger partial charge in [0.1, 0.15) is 5.82 Å². The van der Waals surface area contributed by atoms with E-state index in [-0.39, 0.29) is 11.7 Å². The molecule has 0 spiro atoms. The Morgan fingerprint density at radius 2 is 2.32 bits per heavy atom. The lowest BCUT2D eigenvalue weighted by molar-refractivity contribution is 0.0951. The van der Waals surface area contributed by atoms with Gasteiger partial charge in [-0.15, -0.1) is 0 Å². The molecule has 19 heavy (non-hydrogen) atoms. The molecule has 0 aliphatic carbocycles. The molecule has 2 rings (SSSR count). The van der Waals surface area contributed by atoms with Crippen LogP contribution in [0.3, 0.4) is 0 Å². The Bertz CT molecular complexity index is 623. The third-order valence-corrected chi connectivity index (χ3v) is 3.12. The van der Waals surface area contributed by atoms with Crippen molar-refractivity contribution in [3.63, 3.8) is 0 Å². The average Bonchev–Trinajstić information content (AvgIpc) is 2.68. The van der Waals surface area contributed by atoms with Crippen molar-refractivity contribution in [1.82, 2.24) is 20.1 Å². The molecule has 1 amide bonds. The lowest BCUT2D eigenvalue weighted by Gasteiger charge is -2.06. The highest BCUT2D eigenvalue weighted by atomic mass is 79.9. The van der Waals surface area contributed by atoms with Crippen molar-refractivity contribution in [3.8, 4) is 0 Å². The third-order valence-electron chi connectivity index (χ3n) is 2.68. The smallest absolute Gasteiger partial charge is 0.255 e. The van der Waals surface area contributed by atoms with E-state index in [0.29, 0.717) is 16.6 Å². The average molecular weight is 324 g/mol. The molecule has 0 unspecified atom stereocenters. The lowest BCUT2D eigenvalue weighted by atomic mass is 10.2. The number of aromatic nitrogens is 3. The first-order valence-corrected chi connectivity index (χ1v) is 6.45. The molecule has 0 atom stereocenters. The van der Waals surface area contributed by atoms with Crippen LogP contribution in [0.5, 0.6) is 0 Å². The van der Waals surface area contributed by atoms with Gasteiger partial charge in [0.15, 0.2) is 0 Å². The molecule has 7 heteroatoms. The highest BCUT2D eigenvalue weighted by molar-refractivity contribution is 9.10. The monoisotopic (exact) mass is 323 g/mol. The summed E-state index contributed by atoms with van der Waals surface area (Å²) < 4.78 is 2.43. The van der Waals surface area contributed by atoms with Gasteiger partial charge in [-0.3, -0.25) is 9.48 Å². The van der Waals surface area contributed by atoms with Crippen molar-refractivity contribution >= 4 is 27.7 Å². The number of pyridine rings is 1. The van der Waals surface area contributed by atoms with E-state index in [1.54, 1.807) is 16.9 Å². The van der Waals surface area contributed by atoms with Crippen LogP contribution in [0.25, 0.3) is 0 Å². The van der Waals surface area contributed by atoms with E-state index in [1.807, 2.05) is 20.2 Å². The van der Waals surface area contributed by atoms with Gasteiger partial charge in [0.25, 0.3) is 5.91 Å². The molecule has 6 nitrogen and oxygen atoms in total. The van der Waals surface area contributed by atoms with Crippen molar-refractivity contribution in [2.45, 2.75) is 13.5 Å². The Kier molecular flexibility index (Phi) is 3.84. The van der Waals surface area contributed by atoms with Crippen LogP contribution in [0.15, 0.2) is 22.9 Å².